The topological polar surface area (TPSA) is 140 Å². The average Bonchev–Trinajstić information content (AvgIpc) is 3.11. The maximum atomic E-state index is 15.1. The highest BCUT2D eigenvalue weighted by atomic mass is 19.1. The summed E-state index contributed by atoms with van der Waals surface area (Å²) in [5, 5.41) is 9.08. The molecule has 1 aliphatic carbocycles. The van der Waals surface area contributed by atoms with Gasteiger partial charge in [0.15, 0.2) is 0 Å². The van der Waals surface area contributed by atoms with Gasteiger partial charge in [-0.15, -0.1) is 0 Å². The van der Waals surface area contributed by atoms with Crippen LogP contribution < -0.4 is 21.7 Å². The van der Waals surface area contributed by atoms with Crippen LogP contribution in [0.2, 0.25) is 0 Å². The monoisotopic (exact) mass is 688 g/mol. The molecule has 0 unspecified atom stereocenters. The molecular formula is C37H39F3N6O4. The first-order valence-electron chi connectivity index (χ1n) is 16.6. The highest BCUT2D eigenvalue weighted by Crippen LogP contribution is 2.41. The Labute approximate surface area is 288 Å². The van der Waals surface area contributed by atoms with Gasteiger partial charge < -0.3 is 31.2 Å². The zero-order valence-corrected chi connectivity index (χ0v) is 27.3. The first-order valence-corrected chi connectivity index (χ1v) is 16.6. The van der Waals surface area contributed by atoms with Gasteiger partial charge in [-0.1, -0.05) is 24.3 Å². The SMILES string of the molecule is N[C@H](C(=O)Nc1cncc(F)c1CC[C@@H]1CN[C@H](COC(=O)NC2(c3ccncc3)CCC2)CO1)C(c1ccc(F)cc1)c1ccc(F)cc1. The number of carbonyl (C=O) groups excluding carboxylic acids is 2. The number of anilines is 1. The van der Waals surface area contributed by atoms with Crippen molar-refractivity contribution in [3.05, 3.63) is 125 Å². The molecule has 1 saturated heterocycles. The maximum absolute atomic E-state index is 15.1. The number of aromatic nitrogens is 2. The minimum absolute atomic E-state index is 0.122. The molecule has 2 amide bonds. The van der Waals surface area contributed by atoms with Gasteiger partial charge in [-0.25, -0.2) is 18.0 Å². The van der Waals surface area contributed by atoms with Crippen LogP contribution in [0.25, 0.3) is 0 Å². The number of carbonyl (C=O) groups is 2. The highest BCUT2D eigenvalue weighted by Gasteiger charge is 2.40. The fraction of sp³-hybridized carbons (Fsp3) is 0.351. The summed E-state index contributed by atoms with van der Waals surface area (Å²) in [7, 11) is 0. The molecule has 3 heterocycles. The van der Waals surface area contributed by atoms with E-state index in [2.05, 4.69) is 25.9 Å². The van der Waals surface area contributed by atoms with E-state index in [-0.39, 0.29) is 36.4 Å². The standard InChI is InChI=1S/C37H39F3N6O4/c38-26-6-2-23(3-7-26)33(24-4-8-27(39)9-5-24)34(41)35(47)45-32-20-43-19-31(40)30(32)11-10-29-18-44-28(21-49-29)22-50-36(48)46-37(14-1-15-37)25-12-16-42-17-13-25/h2-9,12-13,16-17,19-20,28-29,33-34,44H,1,10-11,14-15,18,21-22,41H2,(H,45,47)(H,46,48)/t28-,29+,34-/m0/s1. The van der Waals surface area contributed by atoms with E-state index in [0.29, 0.717) is 30.7 Å². The van der Waals surface area contributed by atoms with Crippen LogP contribution in [0.4, 0.5) is 23.7 Å². The van der Waals surface area contributed by atoms with E-state index >= 15 is 4.39 Å². The molecule has 1 saturated carbocycles. The number of rotatable bonds is 12. The van der Waals surface area contributed by atoms with Gasteiger partial charge in [0.05, 0.1) is 48.4 Å². The van der Waals surface area contributed by atoms with Crippen molar-refractivity contribution in [2.75, 3.05) is 25.1 Å². The number of amides is 2. The van der Waals surface area contributed by atoms with Crippen molar-refractivity contribution >= 4 is 17.7 Å². The minimum Gasteiger partial charge on any atom is -0.448 e. The van der Waals surface area contributed by atoms with Gasteiger partial charge in [0.2, 0.25) is 5.91 Å². The fourth-order valence-electron chi connectivity index (χ4n) is 6.50. The van der Waals surface area contributed by atoms with Crippen molar-refractivity contribution in [1.29, 1.82) is 0 Å². The Morgan fingerprint density at radius 3 is 2.20 bits per heavy atom. The van der Waals surface area contributed by atoms with Crippen LogP contribution in [-0.4, -0.2) is 59.9 Å². The third-order valence-electron chi connectivity index (χ3n) is 9.46. The molecule has 2 aromatic carbocycles. The van der Waals surface area contributed by atoms with E-state index in [9.17, 15) is 18.4 Å². The minimum atomic E-state index is -1.19. The molecule has 0 radical (unpaired) electrons. The molecule has 3 atom stereocenters. The van der Waals surface area contributed by atoms with Crippen molar-refractivity contribution in [1.82, 2.24) is 20.6 Å². The first kappa shape index (κ1) is 35.0. The zero-order valence-electron chi connectivity index (χ0n) is 27.3. The molecular weight excluding hydrogens is 649 g/mol. The molecule has 1 aliphatic heterocycles. The number of ether oxygens (including phenoxy) is 2. The Morgan fingerprint density at radius 1 is 0.960 bits per heavy atom. The number of benzene rings is 2. The number of nitrogens with one attached hydrogen (secondary N) is 3. The molecule has 262 valence electrons. The summed E-state index contributed by atoms with van der Waals surface area (Å²) in [6, 6.07) is 13.5. The normalized spacial score (nSPS) is 18.9. The van der Waals surface area contributed by atoms with Gasteiger partial charge in [-0.05, 0) is 85.2 Å². The third kappa shape index (κ3) is 8.29. The van der Waals surface area contributed by atoms with E-state index < -0.39 is 47.0 Å². The second-order valence-corrected chi connectivity index (χ2v) is 12.7. The molecule has 4 aromatic rings. The Kier molecular flexibility index (Phi) is 11.1. The molecule has 2 fully saturated rings. The molecule has 6 rings (SSSR count). The van der Waals surface area contributed by atoms with Crippen LogP contribution >= 0.6 is 0 Å². The van der Waals surface area contributed by atoms with Gasteiger partial charge >= 0.3 is 6.09 Å². The summed E-state index contributed by atoms with van der Waals surface area (Å²) in [4.78, 5) is 34.1. The predicted molar refractivity (Wildman–Crippen MR) is 180 cm³/mol. The van der Waals surface area contributed by atoms with E-state index in [1.54, 1.807) is 12.4 Å². The molecule has 2 aromatic heterocycles. The number of pyridine rings is 2. The smallest absolute Gasteiger partial charge is 0.407 e. The van der Waals surface area contributed by atoms with E-state index in [4.69, 9.17) is 15.2 Å². The quantitative estimate of drug-likeness (QED) is 0.162. The Morgan fingerprint density at radius 2 is 1.62 bits per heavy atom. The van der Waals surface area contributed by atoms with E-state index in [1.807, 2.05) is 12.1 Å². The number of nitrogens with two attached hydrogens (primary N) is 1. The van der Waals surface area contributed by atoms with Crippen molar-refractivity contribution in [3.8, 4) is 0 Å². The van der Waals surface area contributed by atoms with Crippen molar-refractivity contribution in [2.24, 2.45) is 5.73 Å². The average molecular weight is 689 g/mol. The lowest BCUT2D eigenvalue weighted by Crippen LogP contribution is -2.53. The first-order chi connectivity index (χ1) is 24.2. The summed E-state index contributed by atoms with van der Waals surface area (Å²) >= 11 is 0. The van der Waals surface area contributed by atoms with Crippen LogP contribution in [0.1, 0.15) is 53.9 Å². The molecule has 5 N–H and O–H groups in total. The summed E-state index contributed by atoms with van der Waals surface area (Å²) < 4.78 is 54.0. The van der Waals surface area contributed by atoms with Gasteiger partial charge in [0.1, 0.15) is 24.1 Å². The Bertz CT molecular complexity index is 1710. The zero-order chi connectivity index (χ0) is 35.1. The summed E-state index contributed by atoms with van der Waals surface area (Å²) in [5.41, 5.74) is 8.56. The van der Waals surface area contributed by atoms with Crippen molar-refractivity contribution < 1.29 is 32.2 Å². The van der Waals surface area contributed by atoms with Gasteiger partial charge in [0.25, 0.3) is 0 Å². The number of hydrogen-bond donors (Lipinski definition) is 4. The molecule has 50 heavy (non-hydrogen) atoms. The van der Waals surface area contributed by atoms with E-state index in [1.165, 1.54) is 54.7 Å². The van der Waals surface area contributed by atoms with Crippen LogP contribution in [0.3, 0.4) is 0 Å². The van der Waals surface area contributed by atoms with Crippen LogP contribution in [0.15, 0.2) is 85.5 Å². The van der Waals surface area contributed by atoms with Crippen molar-refractivity contribution in [2.45, 2.75) is 61.7 Å². The Hall–Kier alpha value is -4.85. The second kappa shape index (κ2) is 15.8. The summed E-state index contributed by atoms with van der Waals surface area (Å²) in [5.74, 6) is -2.87. The number of nitrogens with zero attached hydrogens (tertiary/aromatic N) is 2. The Balaban J connectivity index is 1.02. The number of hydrogen-bond acceptors (Lipinski definition) is 8. The molecule has 2 aliphatic rings. The summed E-state index contributed by atoms with van der Waals surface area (Å²) in [6.45, 7) is 0.864. The molecule has 13 heteroatoms. The fourth-order valence-corrected chi connectivity index (χ4v) is 6.50. The van der Waals surface area contributed by atoms with Crippen LogP contribution in [0, 0.1) is 17.5 Å². The third-order valence-corrected chi connectivity index (χ3v) is 9.46. The van der Waals surface area contributed by atoms with Crippen LogP contribution in [0.5, 0.6) is 0 Å². The number of morpholine rings is 1. The van der Waals surface area contributed by atoms with Gasteiger partial charge in [0, 0.05) is 30.4 Å². The lowest BCUT2D eigenvalue weighted by molar-refractivity contribution is -0.117. The lowest BCUT2D eigenvalue weighted by Gasteiger charge is -2.42. The lowest BCUT2D eigenvalue weighted by atomic mass is 9.72. The van der Waals surface area contributed by atoms with Crippen molar-refractivity contribution in [3.63, 3.8) is 0 Å². The summed E-state index contributed by atoms with van der Waals surface area (Å²) in [6.07, 6.45) is 8.44. The number of halogens is 3. The predicted octanol–water partition coefficient (Wildman–Crippen LogP) is 5.09. The molecule has 0 spiro atoms. The second-order valence-electron chi connectivity index (χ2n) is 12.7. The van der Waals surface area contributed by atoms with Crippen LogP contribution in [-0.2, 0) is 26.2 Å². The maximum Gasteiger partial charge on any atom is 0.407 e. The molecule has 0 bridgehead atoms. The van der Waals surface area contributed by atoms with Gasteiger partial charge in [-0.2, -0.15) is 0 Å². The highest BCUT2D eigenvalue weighted by molar-refractivity contribution is 5.96. The molecule has 10 nitrogen and oxygen atoms in total. The van der Waals surface area contributed by atoms with E-state index in [0.717, 1.165) is 31.0 Å². The van der Waals surface area contributed by atoms with Gasteiger partial charge in [-0.3, -0.25) is 14.8 Å². The largest absolute Gasteiger partial charge is 0.448 e. The number of alkyl carbamates (subject to hydrolysis) is 1.